The van der Waals surface area contributed by atoms with Crippen LogP contribution in [0.25, 0.3) is 0 Å². The van der Waals surface area contributed by atoms with Crippen molar-refractivity contribution >= 4 is 11.9 Å². The number of likely N-dealkylation sites (tertiary alicyclic amines) is 1. The second kappa shape index (κ2) is 9.91. The largest absolute Gasteiger partial charge is 0.497 e. The predicted molar refractivity (Wildman–Crippen MR) is 97.7 cm³/mol. The molecule has 6 nitrogen and oxygen atoms in total. The zero-order chi connectivity index (χ0) is 18.1. The van der Waals surface area contributed by atoms with Gasteiger partial charge in [0.1, 0.15) is 5.75 Å². The van der Waals surface area contributed by atoms with Crippen LogP contribution in [0.3, 0.4) is 0 Å². The Kier molecular flexibility index (Phi) is 7.57. The van der Waals surface area contributed by atoms with Crippen LogP contribution in [0.5, 0.6) is 5.75 Å². The number of carbonyl (C=O) groups is 2. The number of ether oxygens (including phenoxy) is 1. The van der Waals surface area contributed by atoms with Crippen LogP contribution in [0.1, 0.15) is 38.2 Å². The Balaban J connectivity index is 1.69. The van der Waals surface area contributed by atoms with Gasteiger partial charge in [0.05, 0.1) is 7.11 Å². The Morgan fingerprint density at radius 3 is 2.48 bits per heavy atom. The van der Waals surface area contributed by atoms with Crippen molar-refractivity contribution < 1.29 is 14.3 Å². The fourth-order valence-electron chi connectivity index (χ4n) is 2.95. The number of rotatable bonds is 7. The monoisotopic (exact) mass is 347 g/mol. The highest BCUT2D eigenvalue weighted by atomic mass is 16.5. The van der Waals surface area contributed by atoms with Crippen molar-refractivity contribution in [2.45, 2.75) is 45.1 Å². The second-order valence-electron chi connectivity index (χ2n) is 6.40. The molecule has 0 aromatic heterocycles. The van der Waals surface area contributed by atoms with Gasteiger partial charge < -0.3 is 20.3 Å². The van der Waals surface area contributed by atoms with Crippen LogP contribution in [0.15, 0.2) is 24.3 Å². The van der Waals surface area contributed by atoms with Gasteiger partial charge in [-0.1, -0.05) is 19.1 Å². The van der Waals surface area contributed by atoms with Crippen molar-refractivity contribution in [3.63, 3.8) is 0 Å². The smallest absolute Gasteiger partial charge is 0.315 e. The average molecular weight is 347 g/mol. The molecule has 2 N–H and O–H groups in total. The van der Waals surface area contributed by atoms with Gasteiger partial charge in [-0.25, -0.2) is 4.79 Å². The molecule has 2 rings (SSSR count). The molecule has 0 bridgehead atoms. The molecule has 0 spiro atoms. The van der Waals surface area contributed by atoms with Gasteiger partial charge >= 0.3 is 6.03 Å². The molecule has 1 saturated heterocycles. The maximum Gasteiger partial charge on any atom is 0.315 e. The van der Waals surface area contributed by atoms with Crippen LogP contribution in [-0.2, 0) is 11.2 Å². The van der Waals surface area contributed by atoms with E-state index in [1.165, 1.54) is 0 Å². The lowest BCUT2D eigenvalue weighted by molar-refractivity contribution is -0.132. The Labute approximate surface area is 149 Å². The van der Waals surface area contributed by atoms with Crippen LogP contribution in [0, 0.1) is 0 Å². The Morgan fingerprint density at radius 2 is 1.88 bits per heavy atom. The van der Waals surface area contributed by atoms with E-state index >= 15 is 0 Å². The molecule has 1 aromatic rings. The van der Waals surface area contributed by atoms with E-state index in [1.54, 1.807) is 7.11 Å². The summed E-state index contributed by atoms with van der Waals surface area (Å²) in [7, 11) is 1.64. The van der Waals surface area contributed by atoms with E-state index < -0.39 is 0 Å². The maximum atomic E-state index is 12.4. The summed E-state index contributed by atoms with van der Waals surface area (Å²) in [6.45, 7) is 4.13. The van der Waals surface area contributed by atoms with Crippen LogP contribution < -0.4 is 15.4 Å². The van der Waals surface area contributed by atoms with Gasteiger partial charge in [-0.05, 0) is 43.4 Å². The zero-order valence-corrected chi connectivity index (χ0v) is 15.2. The molecule has 0 atom stereocenters. The average Bonchev–Trinajstić information content (AvgIpc) is 2.65. The third-order valence-corrected chi connectivity index (χ3v) is 4.51. The number of amides is 3. The normalized spacial score (nSPS) is 14.9. The molecule has 0 radical (unpaired) electrons. The molecule has 25 heavy (non-hydrogen) atoms. The fourth-order valence-corrected chi connectivity index (χ4v) is 2.95. The highest BCUT2D eigenvalue weighted by Crippen LogP contribution is 2.15. The first-order valence-corrected chi connectivity index (χ1v) is 9.07. The number of aryl methyl sites for hydroxylation is 1. The summed E-state index contributed by atoms with van der Waals surface area (Å²) >= 11 is 0. The van der Waals surface area contributed by atoms with E-state index in [0.29, 0.717) is 26.1 Å². The summed E-state index contributed by atoms with van der Waals surface area (Å²) in [5, 5.41) is 5.80. The molecule has 1 aliphatic heterocycles. The first-order chi connectivity index (χ1) is 12.1. The van der Waals surface area contributed by atoms with E-state index in [9.17, 15) is 9.59 Å². The van der Waals surface area contributed by atoms with Crippen molar-refractivity contribution in [2.24, 2.45) is 0 Å². The van der Waals surface area contributed by atoms with Gasteiger partial charge in [-0.3, -0.25) is 4.79 Å². The van der Waals surface area contributed by atoms with E-state index in [0.717, 1.165) is 37.0 Å². The van der Waals surface area contributed by atoms with Crippen molar-refractivity contribution in [3.05, 3.63) is 29.8 Å². The van der Waals surface area contributed by atoms with E-state index in [-0.39, 0.29) is 18.0 Å². The van der Waals surface area contributed by atoms with Gasteiger partial charge in [0.25, 0.3) is 0 Å². The standard InChI is InChI=1S/C19H29N3O3/c1-3-12-20-19(24)21-16-10-13-22(14-11-16)18(23)9-6-15-4-7-17(25-2)8-5-15/h4-5,7-8,16H,3,6,9-14H2,1-2H3,(H2,20,21,24). The van der Waals surface area contributed by atoms with Gasteiger partial charge in [-0.15, -0.1) is 0 Å². The highest BCUT2D eigenvalue weighted by Gasteiger charge is 2.23. The van der Waals surface area contributed by atoms with Gasteiger partial charge in [0.2, 0.25) is 5.91 Å². The van der Waals surface area contributed by atoms with E-state index in [1.807, 2.05) is 36.1 Å². The van der Waals surface area contributed by atoms with Crippen molar-refractivity contribution in [3.8, 4) is 5.75 Å². The molecule has 1 fully saturated rings. The fraction of sp³-hybridized carbons (Fsp3) is 0.579. The van der Waals surface area contributed by atoms with E-state index in [2.05, 4.69) is 10.6 Å². The topological polar surface area (TPSA) is 70.7 Å². The van der Waals surface area contributed by atoms with Crippen molar-refractivity contribution in [2.75, 3.05) is 26.7 Å². The first kappa shape index (κ1) is 19.1. The molecule has 0 unspecified atom stereocenters. The molecule has 1 aliphatic rings. The van der Waals surface area contributed by atoms with Gasteiger partial charge in [0, 0.05) is 32.1 Å². The third-order valence-electron chi connectivity index (χ3n) is 4.51. The molecule has 0 aliphatic carbocycles. The summed E-state index contributed by atoms with van der Waals surface area (Å²) in [6.07, 6.45) is 3.80. The molecule has 6 heteroatoms. The Hall–Kier alpha value is -2.24. The maximum absolute atomic E-state index is 12.4. The van der Waals surface area contributed by atoms with Crippen molar-refractivity contribution in [1.82, 2.24) is 15.5 Å². The number of methoxy groups -OCH3 is 1. The van der Waals surface area contributed by atoms with Crippen molar-refractivity contribution in [1.29, 1.82) is 0 Å². The van der Waals surface area contributed by atoms with Crippen LogP contribution in [0.2, 0.25) is 0 Å². The molecule has 1 aromatic carbocycles. The summed E-state index contributed by atoms with van der Waals surface area (Å²) in [6, 6.07) is 7.88. The lowest BCUT2D eigenvalue weighted by atomic mass is 10.0. The molecular weight excluding hydrogens is 318 g/mol. The van der Waals surface area contributed by atoms with E-state index in [4.69, 9.17) is 4.74 Å². The molecule has 138 valence electrons. The zero-order valence-electron chi connectivity index (χ0n) is 15.2. The molecule has 0 saturated carbocycles. The quantitative estimate of drug-likeness (QED) is 0.795. The van der Waals surface area contributed by atoms with Crippen LogP contribution in [0.4, 0.5) is 4.79 Å². The number of hydrogen-bond acceptors (Lipinski definition) is 3. The minimum atomic E-state index is -0.105. The van der Waals surface area contributed by atoms with Crippen LogP contribution in [-0.4, -0.2) is 49.6 Å². The second-order valence-corrected chi connectivity index (χ2v) is 6.40. The Morgan fingerprint density at radius 1 is 1.20 bits per heavy atom. The number of nitrogens with one attached hydrogen (secondary N) is 2. The summed E-state index contributed by atoms with van der Waals surface area (Å²) in [4.78, 5) is 26.0. The lowest BCUT2D eigenvalue weighted by Gasteiger charge is -2.32. The first-order valence-electron chi connectivity index (χ1n) is 9.07. The summed E-state index contributed by atoms with van der Waals surface area (Å²) < 4.78 is 5.14. The molecular formula is C19H29N3O3. The van der Waals surface area contributed by atoms with Gasteiger partial charge in [-0.2, -0.15) is 0 Å². The summed E-state index contributed by atoms with van der Waals surface area (Å²) in [5.74, 6) is 1.01. The number of carbonyl (C=O) groups excluding carboxylic acids is 2. The van der Waals surface area contributed by atoms with Gasteiger partial charge in [0.15, 0.2) is 0 Å². The number of piperidine rings is 1. The minimum absolute atomic E-state index is 0.105. The number of hydrogen-bond donors (Lipinski definition) is 2. The molecule has 3 amide bonds. The number of benzene rings is 1. The number of nitrogens with zero attached hydrogens (tertiary/aromatic N) is 1. The molecule has 1 heterocycles. The minimum Gasteiger partial charge on any atom is -0.497 e. The third kappa shape index (κ3) is 6.29. The highest BCUT2D eigenvalue weighted by molar-refractivity contribution is 5.77. The SMILES string of the molecule is CCCNC(=O)NC1CCN(C(=O)CCc2ccc(OC)cc2)CC1. The number of urea groups is 1. The Bertz CT molecular complexity index is 552. The summed E-state index contributed by atoms with van der Waals surface area (Å²) in [5.41, 5.74) is 1.14. The van der Waals surface area contributed by atoms with Crippen LogP contribution >= 0.6 is 0 Å². The lowest BCUT2D eigenvalue weighted by Crippen LogP contribution is -2.49. The predicted octanol–water partition coefficient (Wildman–Crippen LogP) is 2.33.